The van der Waals surface area contributed by atoms with Gasteiger partial charge < -0.3 is 25.0 Å². The number of carbonyl (C=O) groups is 3. The van der Waals surface area contributed by atoms with Crippen molar-refractivity contribution in [2.24, 2.45) is 5.92 Å². The molecule has 0 radical (unpaired) electrons. The van der Waals surface area contributed by atoms with Gasteiger partial charge in [0.1, 0.15) is 18.1 Å². The van der Waals surface area contributed by atoms with Crippen LogP contribution in [0.15, 0.2) is 66.7 Å². The van der Waals surface area contributed by atoms with E-state index in [4.69, 9.17) is 9.47 Å². The lowest BCUT2D eigenvalue weighted by atomic mass is 9.84. The molecule has 2 fully saturated rings. The molecule has 2 unspecified atom stereocenters. The predicted molar refractivity (Wildman–Crippen MR) is 171 cm³/mol. The van der Waals surface area contributed by atoms with Crippen LogP contribution in [-0.2, 0) is 17.8 Å². The van der Waals surface area contributed by atoms with Crippen molar-refractivity contribution in [1.29, 1.82) is 0 Å². The lowest BCUT2D eigenvalue weighted by Gasteiger charge is -2.27. The summed E-state index contributed by atoms with van der Waals surface area (Å²) in [5, 5.41) is 21.7. The molecule has 8 heteroatoms. The fourth-order valence-corrected chi connectivity index (χ4v) is 6.47. The molecule has 2 aliphatic rings. The van der Waals surface area contributed by atoms with E-state index in [2.05, 4.69) is 29.6 Å². The molecule has 1 amide bonds. The van der Waals surface area contributed by atoms with E-state index in [0.29, 0.717) is 57.0 Å². The summed E-state index contributed by atoms with van der Waals surface area (Å²) in [6.07, 6.45) is 10.4. The topological polar surface area (TPSA) is 122 Å². The van der Waals surface area contributed by atoms with Crippen molar-refractivity contribution in [2.45, 2.75) is 89.2 Å². The van der Waals surface area contributed by atoms with E-state index in [1.165, 1.54) is 55.9 Å². The highest BCUT2D eigenvalue weighted by Crippen LogP contribution is 2.33. The molecular weight excluding hydrogens is 570 g/mol. The molecule has 2 saturated carbocycles. The number of carboxylic acid groups (broad SMARTS) is 2. The number of rotatable bonds is 13. The number of hydrogen-bond acceptors (Lipinski definition) is 5. The van der Waals surface area contributed by atoms with Gasteiger partial charge in [-0.25, -0.2) is 4.79 Å². The Morgan fingerprint density at radius 1 is 0.778 bits per heavy atom. The molecule has 0 bridgehead atoms. The summed E-state index contributed by atoms with van der Waals surface area (Å²) in [7, 11) is 0. The first-order valence-corrected chi connectivity index (χ1v) is 16.2. The van der Waals surface area contributed by atoms with Crippen molar-refractivity contribution in [1.82, 2.24) is 5.32 Å². The van der Waals surface area contributed by atoms with Crippen LogP contribution in [0.1, 0.15) is 108 Å². The maximum atomic E-state index is 13.2. The first kappa shape index (κ1) is 32.1. The van der Waals surface area contributed by atoms with Gasteiger partial charge in [0.15, 0.2) is 0 Å². The average molecular weight is 614 g/mol. The van der Waals surface area contributed by atoms with Gasteiger partial charge in [0, 0.05) is 6.04 Å². The first-order chi connectivity index (χ1) is 21.9. The monoisotopic (exact) mass is 613 g/mol. The quantitative estimate of drug-likeness (QED) is 0.172. The maximum absolute atomic E-state index is 13.2. The van der Waals surface area contributed by atoms with E-state index in [-0.39, 0.29) is 17.2 Å². The number of amides is 1. The molecule has 0 aromatic heterocycles. The molecule has 3 N–H and O–H groups in total. The summed E-state index contributed by atoms with van der Waals surface area (Å²) in [5.41, 5.74) is 3.85. The normalized spacial score (nSPS) is 18.6. The molecule has 238 valence electrons. The zero-order chi connectivity index (χ0) is 31.6. The standard InChI is InChI=1S/C37H43NO7/c39-35(38-31-10-4-9-29(22-31)36(40)41)33-23-30(37(42)43)17-20-34(33)44-21-5-6-25-13-18-32(19-14-25)45-24-26-11-15-28(16-12-26)27-7-2-1-3-8-27/h11-20,23,27,29,31H,1-10,21-22,24H2,(H,38,39)(H,40,41)(H,42,43). The van der Waals surface area contributed by atoms with Gasteiger partial charge in [-0.1, -0.05) is 62.1 Å². The molecule has 3 aromatic rings. The van der Waals surface area contributed by atoms with Gasteiger partial charge in [-0.2, -0.15) is 0 Å². The first-order valence-electron chi connectivity index (χ1n) is 16.2. The van der Waals surface area contributed by atoms with Crippen molar-refractivity contribution < 1.29 is 34.1 Å². The molecule has 8 nitrogen and oxygen atoms in total. The van der Waals surface area contributed by atoms with Gasteiger partial charge in [-0.3, -0.25) is 9.59 Å². The lowest BCUT2D eigenvalue weighted by molar-refractivity contribution is -0.143. The van der Waals surface area contributed by atoms with Crippen molar-refractivity contribution >= 4 is 17.8 Å². The van der Waals surface area contributed by atoms with Crippen molar-refractivity contribution in [3.8, 4) is 11.5 Å². The fraction of sp³-hybridized carbons (Fsp3) is 0.432. The Balaban J connectivity index is 1.09. The molecular formula is C37H43NO7. The third-order valence-corrected chi connectivity index (χ3v) is 9.08. The number of aliphatic carboxylic acids is 1. The van der Waals surface area contributed by atoms with Crippen LogP contribution in [0.3, 0.4) is 0 Å². The molecule has 5 rings (SSSR count). The number of hydrogen-bond donors (Lipinski definition) is 3. The Bertz CT molecular complexity index is 1440. The summed E-state index contributed by atoms with van der Waals surface area (Å²) in [6.45, 7) is 0.863. The van der Waals surface area contributed by atoms with Crippen LogP contribution in [0.25, 0.3) is 0 Å². The van der Waals surface area contributed by atoms with Gasteiger partial charge in [-0.15, -0.1) is 0 Å². The van der Waals surface area contributed by atoms with Crippen LogP contribution in [0.5, 0.6) is 11.5 Å². The number of carboxylic acids is 2. The third kappa shape index (κ3) is 9.10. The van der Waals surface area contributed by atoms with Crippen LogP contribution in [0.2, 0.25) is 0 Å². The summed E-state index contributed by atoms with van der Waals surface area (Å²) >= 11 is 0. The second kappa shape index (κ2) is 15.6. The number of aryl methyl sites for hydroxylation is 1. The minimum Gasteiger partial charge on any atom is -0.493 e. The molecule has 2 aliphatic carbocycles. The summed E-state index contributed by atoms with van der Waals surface area (Å²) < 4.78 is 12.0. The molecule has 3 aromatic carbocycles. The summed E-state index contributed by atoms with van der Waals surface area (Å²) in [5.74, 6) is -1.13. The van der Waals surface area contributed by atoms with E-state index in [0.717, 1.165) is 23.3 Å². The van der Waals surface area contributed by atoms with Crippen LogP contribution in [-0.4, -0.2) is 40.7 Å². The van der Waals surface area contributed by atoms with Gasteiger partial charge >= 0.3 is 11.9 Å². The lowest BCUT2D eigenvalue weighted by Crippen LogP contribution is -2.40. The van der Waals surface area contributed by atoms with Crippen LogP contribution in [0, 0.1) is 5.92 Å². The van der Waals surface area contributed by atoms with Gasteiger partial charge in [0.25, 0.3) is 5.91 Å². The van der Waals surface area contributed by atoms with Gasteiger partial charge in [-0.05, 0) is 97.9 Å². The fourth-order valence-electron chi connectivity index (χ4n) is 6.47. The summed E-state index contributed by atoms with van der Waals surface area (Å²) in [4.78, 5) is 36.1. The highest BCUT2D eigenvalue weighted by Gasteiger charge is 2.29. The Kier molecular flexibility index (Phi) is 11.1. The predicted octanol–water partition coefficient (Wildman–Crippen LogP) is 7.40. The zero-order valence-corrected chi connectivity index (χ0v) is 25.7. The minimum atomic E-state index is -1.14. The molecule has 0 heterocycles. The number of aromatic carboxylic acids is 1. The van der Waals surface area contributed by atoms with Crippen LogP contribution < -0.4 is 14.8 Å². The van der Waals surface area contributed by atoms with Crippen molar-refractivity contribution in [3.63, 3.8) is 0 Å². The molecule has 0 saturated heterocycles. The van der Waals surface area contributed by atoms with Crippen molar-refractivity contribution in [2.75, 3.05) is 6.61 Å². The van der Waals surface area contributed by atoms with E-state index in [9.17, 15) is 24.6 Å². The van der Waals surface area contributed by atoms with E-state index < -0.39 is 23.8 Å². The second-order valence-corrected chi connectivity index (χ2v) is 12.3. The molecule has 0 aliphatic heterocycles. The Morgan fingerprint density at radius 2 is 1.51 bits per heavy atom. The Morgan fingerprint density at radius 3 is 2.22 bits per heavy atom. The van der Waals surface area contributed by atoms with Crippen LogP contribution in [0.4, 0.5) is 0 Å². The second-order valence-electron chi connectivity index (χ2n) is 12.3. The zero-order valence-electron chi connectivity index (χ0n) is 25.7. The summed E-state index contributed by atoms with van der Waals surface area (Å²) in [6, 6.07) is 20.8. The van der Waals surface area contributed by atoms with Gasteiger partial charge in [0.2, 0.25) is 0 Å². The van der Waals surface area contributed by atoms with E-state index >= 15 is 0 Å². The number of benzene rings is 3. The van der Waals surface area contributed by atoms with Gasteiger partial charge in [0.05, 0.1) is 23.7 Å². The highest BCUT2D eigenvalue weighted by atomic mass is 16.5. The maximum Gasteiger partial charge on any atom is 0.335 e. The average Bonchev–Trinajstić information content (AvgIpc) is 3.07. The Labute approximate surface area is 264 Å². The highest BCUT2D eigenvalue weighted by molar-refractivity contribution is 6.00. The minimum absolute atomic E-state index is 0.0154. The molecule has 0 spiro atoms. The smallest absolute Gasteiger partial charge is 0.335 e. The van der Waals surface area contributed by atoms with Crippen LogP contribution >= 0.6 is 0 Å². The number of nitrogens with one attached hydrogen (secondary N) is 1. The number of ether oxygens (including phenoxy) is 2. The number of carbonyl (C=O) groups excluding carboxylic acids is 1. The van der Waals surface area contributed by atoms with E-state index in [1.807, 2.05) is 24.3 Å². The Hall–Kier alpha value is -4.33. The molecule has 2 atom stereocenters. The SMILES string of the molecule is O=C(O)c1ccc(OCCCc2ccc(OCc3ccc(C4CCCCC4)cc3)cc2)c(C(=O)NC2CCCC(C(=O)O)C2)c1. The van der Waals surface area contributed by atoms with E-state index in [1.54, 1.807) is 0 Å². The third-order valence-electron chi connectivity index (χ3n) is 9.08. The molecule has 45 heavy (non-hydrogen) atoms. The van der Waals surface area contributed by atoms with Crippen molar-refractivity contribution in [3.05, 3.63) is 94.5 Å². The largest absolute Gasteiger partial charge is 0.493 e.